The highest BCUT2D eigenvalue weighted by molar-refractivity contribution is 5.68. The van der Waals surface area contributed by atoms with E-state index in [0.29, 0.717) is 0 Å². The third-order valence-corrected chi connectivity index (χ3v) is 6.33. The minimum Gasteiger partial charge on any atom is -0.303 e. The molecule has 0 unspecified atom stereocenters. The van der Waals surface area contributed by atoms with Crippen LogP contribution in [0.1, 0.15) is 63.1 Å². The summed E-state index contributed by atoms with van der Waals surface area (Å²) in [6, 6.07) is 8.59. The summed E-state index contributed by atoms with van der Waals surface area (Å²) in [5.74, 6) is 1.22. The molecule has 3 heteroatoms. The standard InChI is InChI=1S/C25H30N3/c1-17-11-21-14-25-26-18(2)16-28(25)23(21)15-22(17)24-13-20(9-10-27(24)3)12-19-7-5-4-6-8-19/h9-11,13,15-16,19H,4-8,12,14H2,1-3H3/q+1/i12D2. The Morgan fingerprint density at radius 1 is 1.18 bits per heavy atom. The second-order valence-corrected chi connectivity index (χ2v) is 8.53. The van der Waals surface area contributed by atoms with E-state index >= 15 is 0 Å². The van der Waals surface area contributed by atoms with Crippen molar-refractivity contribution in [3.05, 3.63) is 64.9 Å². The quantitative estimate of drug-likeness (QED) is 0.462. The van der Waals surface area contributed by atoms with Gasteiger partial charge in [-0.05, 0) is 48.9 Å². The normalized spacial score (nSPS) is 17.8. The lowest BCUT2D eigenvalue weighted by atomic mass is 9.85. The molecular formula is C25H30N3+. The molecule has 0 bridgehead atoms. The number of imidazole rings is 1. The lowest BCUT2D eigenvalue weighted by Gasteiger charge is -2.21. The Kier molecular flexibility index (Phi) is 3.81. The molecule has 5 rings (SSSR count). The van der Waals surface area contributed by atoms with E-state index in [1.165, 1.54) is 23.2 Å². The van der Waals surface area contributed by atoms with Crippen LogP contribution in [0.3, 0.4) is 0 Å². The zero-order valence-electron chi connectivity index (χ0n) is 19.1. The number of nitrogens with zero attached hydrogens (tertiary/aromatic N) is 3. The summed E-state index contributed by atoms with van der Waals surface area (Å²) in [7, 11) is 2.05. The minimum absolute atomic E-state index is 0.115. The lowest BCUT2D eigenvalue weighted by Crippen LogP contribution is -2.31. The molecule has 1 saturated carbocycles. The van der Waals surface area contributed by atoms with Gasteiger partial charge in [0.2, 0.25) is 5.69 Å². The van der Waals surface area contributed by atoms with Gasteiger partial charge in [0.1, 0.15) is 12.9 Å². The molecule has 2 aromatic heterocycles. The highest BCUT2D eigenvalue weighted by Gasteiger charge is 2.24. The van der Waals surface area contributed by atoms with E-state index in [2.05, 4.69) is 52.5 Å². The predicted molar refractivity (Wildman–Crippen MR) is 113 cm³/mol. The first-order valence-corrected chi connectivity index (χ1v) is 10.5. The summed E-state index contributed by atoms with van der Waals surface area (Å²) in [5, 5.41) is 0. The van der Waals surface area contributed by atoms with Crippen molar-refractivity contribution in [3.63, 3.8) is 0 Å². The Balaban J connectivity index is 1.59. The second-order valence-electron chi connectivity index (χ2n) is 8.53. The van der Waals surface area contributed by atoms with Crippen LogP contribution < -0.4 is 4.57 Å². The summed E-state index contributed by atoms with van der Waals surface area (Å²) in [6.07, 6.45) is 9.23. The van der Waals surface area contributed by atoms with E-state index in [1.807, 2.05) is 19.2 Å². The zero-order valence-corrected chi connectivity index (χ0v) is 17.1. The number of hydrogen-bond acceptors (Lipinski definition) is 1. The first-order valence-electron chi connectivity index (χ1n) is 11.5. The van der Waals surface area contributed by atoms with Crippen LogP contribution in [0.2, 0.25) is 0 Å². The molecule has 0 N–H and O–H groups in total. The molecule has 0 atom stereocenters. The summed E-state index contributed by atoms with van der Waals surface area (Å²) >= 11 is 0. The molecule has 0 saturated heterocycles. The van der Waals surface area contributed by atoms with E-state index in [9.17, 15) is 0 Å². The topological polar surface area (TPSA) is 21.7 Å². The van der Waals surface area contributed by atoms with Crippen LogP contribution >= 0.6 is 0 Å². The van der Waals surface area contributed by atoms with Gasteiger partial charge in [-0.15, -0.1) is 0 Å². The van der Waals surface area contributed by atoms with Gasteiger partial charge in [0.05, 0.1) is 16.9 Å². The monoisotopic (exact) mass is 374 g/mol. The SMILES string of the molecule is [2H]C([2H])(c1cc[n+](C)c(-c2cc3c(cc2C)Cc2nc(C)cn2-3)c1)C1CCCCC1. The Morgan fingerprint density at radius 2 is 2.00 bits per heavy atom. The first kappa shape index (κ1) is 15.5. The molecule has 3 heterocycles. The average Bonchev–Trinajstić information content (AvgIpc) is 3.24. The summed E-state index contributed by atoms with van der Waals surface area (Å²) < 4.78 is 22.1. The van der Waals surface area contributed by atoms with Gasteiger partial charge in [0.15, 0.2) is 6.20 Å². The van der Waals surface area contributed by atoms with Crippen molar-refractivity contribution >= 4 is 0 Å². The Hall–Kier alpha value is -2.42. The molecule has 0 spiro atoms. The number of fused-ring (bicyclic) bond motifs is 3. The van der Waals surface area contributed by atoms with Crippen LogP contribution in [0, 0.1) is 19.8 Å². The average molecular weight is 375 g/mol. The fraction of sp³-hybridized carbons (Fsp3) is 0.440. The van der Waals surface area contributed by atoms with Crippen molar-refractivity contribution in [1.82, 2.24) is 9.55 Å². The van der Waals surface area contributed by atoms with E-state index in [-0.39, 0.29) is 5.92 Å². The summed E-state index contributed by atoms with van der Waals surface area (Å²) in [4.78, 5) is 4.66. The van der Waals surface area contributed by atoms with E-state index in [4.69, 9.17) is 2.74 Å². The number of aryl methyl sites for hydroxylation is 3. The van der Waals surface area contributed by atoms with Crippen LogP contribution in [0.25, 0.3) is 16.9 Å². The maximum Gasteiger partial charge on any atom is 0.212 e. The van der Waals surface area contributed by atoms with Crippen LogP contribution in [0.4, 0.5) is 0 Å². The fourth-order valence-electron chi connectivity index (χ4n) is 4.86. The van der Waals surface area contributed by atoms with Gasteiger partial charge >= 0.3 is 0 Å². The molecule has 1 aromatic carbocycles. The van der Waals surface area contributed by atoms with Gasteiger partial charge in [0.25, 0.3) is 0 Å². The number of benzene rings is 1. The molecule has 1 aliphatic carbocycles. The van der Waals surface area contributed by atoms with Crippen molar-refractivity contribution in [2.75, 3.05) is 0 Å². The molecule has 144 valence electrons. The highest BCUT2D eigenvalue weighted by atomic mass is 15.1. The summed E-state index contributed by atoms with van der Waals surface area (Å²) in [6.45, 7) is 4.20. The second kappa shape index (κ2) is 6.88. The molecule has 0 amide bonds. The molecule has 28 heavy (non-hydrogen) atoms. The largest absolute Gasteiger partial charge is 0.303 e. The van der Waals surface area contributed by atoms with Gasteiger partial charge in [-0.3, -0.25) is 0 Å². The third kappa shape index (κ3) is 3.07. The molecule has 3 aromatic rings. The number of aromatic nitrogens is 3. The van der Waals surface area contributed by atoms with E-state index in [0.717, 1.165) is 60.4 Å². The van der Waals surface area contributed by atoms with Crippen molar-refractivity contribution in [2.24, 2.45) is 13.0 Å². The molecule has 1 fully saturated rings. The van der Waals surface area contributed by atoms with Crippen molar-refractivity contribution in [2.45, 2.75) is 58.7 Å². The smallest absolute Gasteiger partial charge is 0.212 e. The van der Waals surface area contributed by atoms with Gasteiger partial charge in [-0.25, -0.2) is 9.55 Å². The van der Waals surface area contributed by atoms with Crippen LogP contribution in [0.5, 0.6) is 0 Å². The lowest BCUT2D eigenvalue weighted by molar-refractivity contribution is -0.660. The highest BCUT2D eigenvalue weighted by Crippen LogP contribution is 2.34. The Bertz CT molecular complexity index is 1120. The number of hydrogen-bond donors (Lipinski definition) is 0. The van der Waals surface area contributed by atoms with Crippen LogP contribution in [-0.2, 0) is 19.8 Å². The zero-order chi connectivity index (χ0) is 21.0. The Labute approximate surface area is 170 Å². The maximum atomic E-state index is 8.91. The van der Waals surface area contributed by atoms with Crippen molar-refractivity contribution in [3.8, 4) is 16.9 Å². The fourth-order valence-corrected chi connectivity index (χ4v) is 4.86. The minimum atomic E-state index is -1.29. The van der Waals surface area contributed by atoms with Gasteiger partial charge in [0, 0.05) is 27.5 Å². The van der Waals surface area contributed by atoms with Crippen molar-refractivity contribution < 1.29 is 7.31 Å². The first-order chi connectivity index (χ1) is 14.3. The third-order valence-electron chi connectivity index (χ3n) is 6.33. The van der Waals surface area contributed by atoms with Crippen LogP contribution in [-0.4, -0.2) is 9.55 Å². The van der Waals surface area contributed by atoms with Gasteiger partial charge < -0.3 is 4.57 Å². The molecule has 2 aliphatic rings. The van der Waals surface area contributed by atoms with Gasteiger partial charge in [-0.1, -0.05) is 38.2 Å². The predicted octanol–water partition coefficient (Wildman–Crippen LogP) is 5.01. The molecule has 0 radical (unpaired) electrons. The van der Waals surface area contributed by atoms with Gasteiger partial charge in [-0.2, -0.15) is 0 Å². The molecular weight excluding hydrogens is 342 g/mol. The van der Waals surface area contributed by atoms with Crippen molar-refractivity contribution in [1.29, 1.82) is 0 Å². The van der Waals surface area contributed by atoms with Crippen LogP contribution in [0.15, 0.2) is 36.7 Å². The molecule has 1 aliphatic heterocycles. The van der Waals surface area contributed by atoms with E-state index in [1.54, 1.807) is 0 Å². The number of rotatable bonds is 3. The van der Waals surface area contributed by atoms with E-state index < -0.39 is 6.37 Å². The number of pyridine rings is 1. The maximum absolute atomic E-state index is 8.91. The Morgan fingerprint density at radius 3 is 2.82 bits per heavy atom. The molecule has 3 nitrogen and oxygen atoms in total. The summed E-state index contributed by atoms with van der Waals surface area (Å²) in [5.41, 5.74) is 7.83.